The van der Waals surface area contributed by atoms with Gasteiger partial charge in [0, 0.05) is 31.1 Å². The van der Waals surface area contributed by atoms with Gasteiger partial charge in [-0.15, -0.1) is 11.3 Å². The summed E-state index contributed by atoms with van der Waals surface area (Å²) in [6, 6.07) is -0.222. The molecule has 0 N–H and O–H groups in total. The van der Waals surface area contributed by atoms with Crippen LogP contribution < -0.4 is 0 Å². The van der Waals surface area contributed by atoms with Crippen LogP contribution in [0.4, 0.5) is 0 Å². The lowest BCUT2D eigenvalue weighted by molar-refractivity contribution is -0.139. The van der Waals surface area contributed by atoms with Crippen LogP contribution >= 0.6 is 11.3 Å². The highest BCUT2D eigenvalue weighted by molar-refractivity contribution is 7.09. The lowest BCUT2D eigenvalue weighted by Gasteiger charge is -2.24. The molecule has 0 saturated carbocycles. The first-order chi connectivity index (χ1) is 8.75. The van der Waals surface area contributed by atoms with Crippen molar-refractivity contribution >= 4 is 23.2 Å². The molecule has 0 aliphatic carbocycles. The van der Waals surface area contributed by atoms with Crippen LogP contribution in [0.3, 0.4) is 0 Å². The highest BCUT2D eigenvalue weighted by atomic mass is 32.1. The van der Waals surface area contributed by atoms with E-state index < -0.39 is 0 Å². The number of rotatable bonds is 2. The van der Waals surface area contributed by atoms with E-state index in [2.05, 4.69) is 4.98 Å². The van der Waals surface area contributed by atoms with Crippen LogP contribution in [0.2, 0.25) is 0 Å². The fourth-order valence-corrected chi connectivity index (χ4v) is 3.30. The summed E-state index contributed by atoms with van der Waals surface area (Å²) in [5.74, 6) is 0.209. The molecule has 2 fully saturated rings. The molecule has 0 aromatic carbocycles. The molecule has 18 heavy (non-hydrogen) atoms. The second-order valence-corrected chi connectivity index (χ2v) is 5.66. The number of amides is 2. The molecule has 2 saturated heterocycles. The number of thiazole rings is 1. The predicted molar refractivity (Wildman–Crippen MR) is 66.9 cm³/mol. The molecule has 0 spiro atoms. The Morgan fingerprint density at radius 1 is 1.39 bits per heavy atom. The summed E-state index contributed by atoms with van der Waals surface area (Å²) in [7, 11) is 0. The lowest BCUT2D eigenvalue weighted by atomic mass is 10.2. The van der Waals surface area contributed by atoms with Crippen LogP contribution in [0.5, 0.6) is 0 Å². The van der Waals surface area contributed by atoms with E-state index in [1.807, 2.05) is 5.38 Å². The summed E-state index contributed by atoms with van der Waals surface area (Å²) < 4.78 is 0. The van der Waals surface area contributed by atoms with Crippen LogP contribution in [0.25, 0.3) is 0 Å². The minimum absolute atomic E-state index is 0.0913. The Balaban J connectivity index is 1.79. The van der Waals surface area contributed by atoms with Gasteiger partial charge in [0.1, 0.15) is 11.0 Å². The average molecular weight is 265 g/mol. The molecule has 2 aliphatic heterocycles. The molecule has 0 bridgehead atoms. The van der Waals surface area contributed by atoms with E-state index in [4.69, 9.17) is 0 Å². The van der Waals surface area contributed by atoms with Gasteiger partial charge in [-0.1, -0.05) is 0 Å². The number of hydrogen-bond donors (Lipinski definition) is 0. The SMILES string of the molecule is O=C1C2CCCN2C(=O)CCN1Cc1nccs1. The molecule has 1 aromatic heterocycles. The van der Waals surface area contributed by atoms with E-state index in [1.54, 1.807) is 27.3 Å². The van der Waals surface area contributed by atoms with Gasteiger partial charge in [-0.25, -0.2) is 4.98 Å². The van der Waals surface area contributed by atoms with Gasteiger partial charge in [-0.05, 0) is 12.8 Å². The Hall–Kier alpha value is -1.43. The summed E-state index contributed by atoms with van der Waals surface area (Å²) in [5.41, 5.74) is 0. The summed E-state index contributed by atoms with van der Waals surface area (Å²) in [6.07, 6.45) is 3.93. The number of fused-ring (bicyclic) bond motifs is 1. The predicted octanol–water partition coefficient (Wildman–Crippen LogP) is 0.866. The van der Waals surface area contributed by atoms with Crippen molar-refractivity contribution in [3.05, 3.63) is 16.6 Å². The van der Waals surface area contributed by atoms with Crippen molar-refractivity contribution < 1.29 is 9.59 Å². The van der Waals surface area contributed by atoms with Crippen LogP contribution in [-0.2, 0) is 16.1 Å². The molecular formula is C12H15N3O2S. The van der Waals surface area contributed by atoms with Crippen LogP contribution in [0.1, 0.15) is 24.3 Å². The Labute approximate surface area is 109 Å². The fourth-order valence-electron chi connectivity index (χ4n) is 2.67. The number of aromatic nitrogens is 1. The third-order valence-corrected chi connectivity index (χ3v) is 4.34. The maximum Gasteiger partial charge on any atom is 0.245 e. The van der Waals surface area contributed by atoms with Crippen molar-refractivity contribution in [2.75, 3.05) is 13.1 Å². The summed E-state index contributed by atoms with van der Waals surface area (Å²) in [4.78, 5) is 32.1. The molecule has 2 amide bonds. The highest BCUT2D eigenvalue weighted by Crippen LogP contribution is 2.24. The van der Waals surface area contributed by atoms with E-state index in [9.17, 15) is 9.59 Å². The van der Waals surface area contributed by atoms with Crippen molar-refractivity contribution in [3.63, 3.8) is 0 Å². The zero-order valence-corrected chi connectivity index (χ0v) is 10.9. The molecule has 1 unspecified atom stereocenters. The molecular weight excluding hydrogens is 250 g/mol. The zero-order valence-electron chi connectivity index (χ0n) is 10.0. The van der Waals surface area contributed by atoms with Gasteiger partial charge in [0.05, 0.1) is 6.54 Å². The molecule has 0 radical (unpaired) electrons. The van der Waals surface area contributed by atoms with Gasteiger partial charge < -0.3 is 9.80 Å². The van der Waals surface area contributed by atoms with Gasteiger partial charge in [-0.2, -0.15) is 0 Å². The lowest BCUT2D eigenvalue weighted by Crippen LogP contribution is -2.43. The smallest absolute Gasteiger partial charge is 0.245 e. The second kappa shape index (κ2) is 4.68. The first kappa shape index (κ1) is 11.6. The van der Waals surface area contributed by atoms with Crippen molar-refractivity contribution in [2.45, 2.75) is 31.8 Å². The van der Waals surface area contributed by atoms with E-state index >= 15 is 0 Å². The minimum atomic E-state index is -0.222. The van der Waals surface area contributed by atoms with Crippen LogP contribution in [-0.4, -0.2) is 45.7 Å². The summed E-state index contributed by atoms with van der Waals surface area (Å²) in [5, 5.41) is 2.84. The van der Waals surface area contributed by atoms with E-state index in [0.29, 0.717) is 19.5 Å². The zero-order chi connectivity index (χ0) is 12.5. The topological polar surface area (TPSA) is 53.5 Å². The molecule has 96 valence electrons. The van der Waals surface area contributed by atoms with Gasteiger partial charge in [0.15, 0.2) is 0 Å². The van der Waals surface area contributed by atoms with Crippen molar-refractivity contribution in [3.8, 4) is 0 Å². The standard InChI is InChI=1S/C12H15N3O2S/c16-11-3-6-14(8-10-13-4-7-18-10)12(17)9-2-1-5-15(9)11/h4,7,9H,1-3,5-6,8H2. The first-order valence-electron chi connectivity index (χ1n) is 6.22. The minimum Gasteiger partial charge on any atom is -0.334 e. The third kappa shape index (κ3) is 2.01. The Bertz CT molecular complexity index is 460. The van der Waals surface area contributed by atoms with Gasteiger partial charge >= 0.3 is 0 Å². The number of carbonyl (C=O) groups excluding carboxylic acids is 2. The second-order valence-electron chi connectivity index (χ2n) is 4.68. The van der Waals surface area contributed by atoms with Crippen LogP contribution in [0, 0.1) is 0 Å². The van der Waals surface area contributed by atoms with Crippen molar-refractivity contribution in [1.82, 2.24) is 14.8 Å². The monoisotopic (exact) mass is 265 g/mol. The molecule has 6 heteroatoms. The van der Waals surface area contributed by atoms with Crippen molar-refractivity contribution in [1.29, 1.82) is 0 Å². The van der Waals surface area contributed by atoms with Crippen molar-refractivity contribution in [2.24, 2.45) is 0 Å². The van der Waals surface area contributed by atoms with E-state index in [-0.39, 0.29) is 17.9 Å². The number of nitrogens with zero attached hydrogens (tertiary/aromatic N) is 3. The molecule has 5 nitrogen and oxygen atoms in total. The molecule has 1 atom stereocenters. The fraction of sp³-hybridized carbons (Fsp3) is 0.583. The average Bonchev–Trinajstić information content (AvgIpc) is 3.01. The highest BCUT2D eigenvalue weighted by Gasteiger charge is 2.39. The quantitative estimate of drug-likeness (QED) is 0.797. The molecule has 2 aliphatic rings. The van der Waals surface area contributed by atoms with Gasteiger partial charge in [0.2, 0.25) is 11.8 Å². The number of hydrogen-bond acceptors (Lipinski definition) is 4. The first-order valence-corrected chi connectivity index (χ1v) is 7.10. The third-order valence-electron chi connectivity index (χ3n) is 3.58. The Morgan fingerprint density at radius 3 is 3.06 bits per heavy atom. The van der Waals surface area contributed by atoms with Gasteiger partial charge in [0.25, 0.3) is 0 Å². The maximum atomic E-state index is 12.4. The normalized spacial score (nSPS) is 24.3. The largest absolute Gasteiger partial charge is 0.334 e. The van der Waals surface area contributed by atoms with Crippen LogP contribution in [0.15, 0.2) is 11.6 Å². The molecule has 3 heterocycles. The number of carbonyl (C=O) groups is 2. The molecule has 1 aromatic rings. The summed E-state index contributed by atoms with van der Waals surface area (Å²) >= 11 is 1.55. The summed E-state index contributed by atoms with van der Waals surface area (Å²) in [6.45, 7) is 1.79. The molecule has 3 rings (SSSR count). The van der Waals surface area contributed by atoms with Gasteiger partial charge in [-0.3, -0.25) is 9.59 Å². The van der Waals surface area contributed by atoms with E-state index in [0.717, 1.165) is 24.4 Å². The Morgan fingerprint density at radius 2 is 2.28 bits per heavy atom. The maximum absolute atomic E-state index is 12.4. The Kier molecular flexibility index (Phi) is 3.03. The van der Waals surface area contributed by atoms with E-state index in [1.165, 1.54) is 0 Å².